The van der Waals surface area contributed by atoms with Crippen molar-refractivity contribution in [3.63, 3.8) is 0 Å². The normalized spacial score (nSPS) is 9.93. The Morgan fingerprint density at radius 2 is 2.13 bits per heavy atom. The van der Waals surface area contributed by atoms with Crippen molar-refractivity contribution in [1.82, 2.24) is 4.98 Å². The van der Waals surface area contributed by atoms with E-state index in [9.17, 15) is 4.39 Å². The maximum atomic E-state index is 13.0. The molecule has 0 fully saturated rings. The first kappa shape index (κ1) is 9.94. The monoisotopic (exact) mass is 264 g/mol. The molecular weight excluding hydrogens is 259 g/mol. The smallest absolute Gasteiger partial charge is 0.137 e. The van der Waals surface area contributed by atoms with Crippen molar-refractivity contribution in [3.8, 4) is 17.2 Å². The Morgan fingerprint density at radius 1 is 1.33 bits per heavy atom. The summed E-state index contributed by atoms with van der Waals surface area (Å²) in [5, 5.41) is 8.84. The lowest BCUT2D eigenvalue weighted by Crippen LogP contribution is -1.81. The molecule has 0 saturated carbocycles. The first-order chi connectivity index (χ1) is 7.22. The molecule has 1 aromatic carbocycles. The fourth-order valence-corrected chi connectivity index (χ4v) is 1.74. The number of aromatic amines is 1. The zero-order valence-corrected chi connectivity index (χ0v) is 9.18. The largest absolute Gasteiger partial charge is 0.366 e. The first-order valence-corrected chi connectivity index (χ1v) is 5.04. The summed E-state index contributed by atoms with van der Waals surface area (Å²) in [5.41, 5.74) is 2.13. The van der Waals surface area contributed by atoms with Crippen LogP contribution in [0, 0.1) is 17.1 Å². The summed E-state index contributed by atoms with van der Waals surface area (Å²) in [6.07, 6.45) is 3.34. The third-order valence-electron chi connectivity index (χ3n) is 2.10. The van der Waals surface area contributed by atoms with E-state index in [2.05, 4.69) is 27.0 Å². The van der Waals surface area contributed by atoms with Crippen molar-refractivity contribution in [2.45, 2.75) is 0 Å². The maximum absolute atomic E-state index is 13.0. The van der Waals surface area contributed by atoms with Crippen LogP contribution in [-0.4, -0.2) is 4.98 Å². The molecule has 15 heavy (non-hydrogen) atoms. The van der Waals surface area contributed by atoms with Crippen LogP contribution in [-0.2, 0) is 0 Å². The summed E-state index contributed by atoms with van der Waals surface area (Å²) in [6.45, 7) is 0. The average Bonchev–Trinajstić information content (AvgIpc) is 2.70. The highest BCUT2D eigenvalue weighted by Crippen LogP contribution is 2.27. The summed E-state index contributed by atoms with van der Waals surface area (Å²) >= 11 is 3.11. The van der Waals surface area contributed by atoms with E-state index in [-0.39, 0.29) is 5.82 Å². The minimum Gasteiger partial charge on any atom is -0.366 e. The van der Waals surface area contributed by atoms with E-state index in [1.807, 2.05) is 0 Å². The van der Waals surface area contributed by atoms with Gasteiger partial charge in [-0.2, -0.15) is 5.26 Å². The number of nitrogens with zero attached hydrogens (tertiary/aromatic N) is 1. The molecule has 1 heterocycles. The van der Waals surface area contributed by atoms with Crippen LogP contribution in [0.3, 0.4) is 0 Å². The van der Waals surface area contributed by atoms with Gasteiger partial charge in [-0.05, 0) is 33.6 Å². The van der Waals surface area contributed by atoms with E-state index in [4.69, 9.17) is 5.26 Å². The number of nitrogens with one attached hydrogen (secondary N) is 1. The summed E-state index contributed by atoms with van der Waals surface area (Å²) < 4.78 is 13.4. The topological polar surface area (TPSA) is 39.6 Å². The van der Waals surface area contributed by atoms with Crippen LogP contribution in [0.15, 0.2) is 35.1 Å². The summed E-state index contributed by atoms with van der Waals surface area (Å²) in [7, 11) is 0. The highest BCUT2D eigenvalue weighted by Gasteiger charge is 2.07. The number of H-pyrrole nitrogens is 1. The van der Waals surface area contributed by atoms with Crippen molar-refractivity contribution in [2.24, 2.45) is 0 Å². The van der Waals surface area contributed by atoms with Gasteiger partial charge in [-0.25, -0.2) is 4.39 Å². The molecule has 1 N–H and O–H groups in total. The Labute approximate surface area is 94.5 Å². The van der Waals surface area contributed by atoms with Gasteiger partial charge < -0.3 is 4.98 Å². The van der Waals surface area contributed by atoms with Gasteiger partial charge in [0.15, 0.2) is 0 Å². The van der Waals surface area contributed by atoms with Crippen LogP contribution in [0.4, 0.5) is 4.39 Å². The Bertz CT molecular complexity index is 540. The zero-order chi connectivity index (χ0) is 10.8. The van der Waals surface area contributed by atoms with Gasteiger partial charge in [0, 0.05) is 18.0 Å². The van der Waals surface area contributed by atoms with Gasteiger partial charge >= 0.3 is 0 Å². The second-order valence-electron chi connectivity index (χ2n) is 3.02. The van der Waals surface area contributed by atoms with Crippen LogP contribution in [0.1, 0.15) is 5.56 Å². The van der Waals surface area contributed by atoms with Crippen molar-refractivity contribution in [1.29, 1.82) is 5.26 Å². The van der Waals surface area contributed by atoms with Gasteiger partial charge in [-0.3, -0.25) is 0 Å². The highest BCUT2D eigenvalue weighted by atomic mass is 79.9. The molecule has 0 unspecified atom stereocenters. The van der Waals surface area contributed by atoms with Crippen LogP contribution >= 0.6 is 15.9 Å². The van der Waals surface area contributed by atoms with Gasteiger partial charge in [0.05, 0.1) is 10.0 Å². The molecule has 0 spiro atoms. The fraction of sp³-hybridized carbons (Fsp3) is 0. The number of rotatable bonds is 1. The molecule has 0 amide bonds. The number of benzene rings is 1. The minimum atomic E-state index is -0.312. The van der Waals surface area contributed by atoms with Gasteiger partial charge in [0.2, 0.25) is 0 Å². The Hall–Kier alpha value is -1.60. The lowest BCUT2D eigenvalue weighted by atomic mass is 10.1. The quantitative estimate of drug-likeness (QED) is 0.842. The second-order valence-corrected chi connectivity index (χ2v) is 3.88. The molecule has 0 bridgehead atoms. The number of halogens is 2. The van der Waals surface area contributed by atoms with E-state index in [0.717, 1.165) is 11.1 Å². The molecule has 0 aliphatic heterocycles. The standard InChI is InChI=1S/C11H6BrFN2/c12-10-3-7(1-2-11(10)13)9-6-15-5-8(9)4-14/h1-3,5-6,15H. The average molecular weight is 265 g/mol. The SMILES string of the molecule is N#Cc1c[nH]cc1-c1ccc(F)c(Br)c1. The number of hydrogen-bond acceptors (Lipinski definition) is 1. The molecule has 2 nitrogen and oxygen atoms in total. The second kappa shape index (κ2) is 3.87. The van der Waals surface area contributed by atoms with Crippen LogP contribution in [0.2, 0.25) is 0 Å². The Balaban J connectivity index is 2.56. The molecule has 0 atom stereocenters. The summed E-state index contributed by atoms with van der Waals surface area (Å²) in [6, 6.07) is 6.73. The third kappa shape index (κ3) is 1.79. The molecule has 2 aromatic rings. The Morgan fingerprint density at radius 3 is 2.80 bits per heavy atom. The van der Waals surface area contributed by atoms with E-state index >= 15 is 0 Å². The summed E-state index contributed by atoms with van der Waals surface area (Å²) in [4.78, 5) is 2.85. The predicted octanol–water partition coefficient (Wildman–Crippen LogP) is 3.45. The van der Waals surface area contributed by atoms with E-state index in [1.54, 1.807) is 24.5 Å². The Kier molecular flexibility index (Phi) is 2.57. The van der Waals surface area contributed by atoms with Crippen molar-refractivity contribution in [3.05, 3.63) is 46.4 Å². The minimum absolute atomic E-state index is 0.312. The molecule has 4 heteroatoms. The lowest BCUT2D eigenvalue weighted by Gasteiger charge is -2.00. The molecule has 1 aromatic heterocycles. The fourth-order valence-electron chi connectivity index (χ4n) is 1.36. The third-order valence-corrected chi connectivity index (χ3v) is 2.70. The number of hydrogen-bond donors (Lipinski definition) is 1. The zero-order valence-electron chi connectivity index (χ0n) is 7.59. The van der Waals surface area contributed by atoms with E-state index in [0.29, 0.717) is 10.0 Å². The van der Waals surface area contributed by atoms with E-state index < -0.39 is 0 Å². The van der Waals surface area contributed by atoms with Gasteiger partial charge in [0.1, 0.15) is 11.9 Å². The molecule has 2 rings (SSSR count). The first-order valence-electron chi connectivity index (χ1n) is 4.24. The van der Waals surface area contributed by atoms with Crippen LogP contribution in [0.5, 0.6) is 0 Å². The van der Waals surface area contributed by atoms with Crippen LogP contribution in [0.25, 0.3) is 11.1 Å². The van der Waals surface area contributed by atoms with Crippen molar-refractivity contribution < 1.29 is 4.39 Å². The van der Waals surface area contributed by atoms with Gasteiger partial charge in [-0.1, -0.05) is 6.07 Å². The van der Waals surface area contributed by atoms with Gasteiger partial charge in [-0.15, -0.1) is 0 Å². The number of aromatic nitrogens is 1. The molecule has 74 valence electrons. The molecule has 0 aliphatic rings. The highest BCUT2D eigenvalue weighted by molar-refractivity contribution is 9.10. The number of nitriles is 1. The van der Waals surface area contributed by atoms with Crippen LogP contribution < -0.4 is 0 Å². The lowest BCUT2D eigenvalue weighted by molar-refractivity contribution is 0.621. The summed E-state index contributed by atoms with van der Waals surface area (Å²) in [5.74, 6) is -0.312. The molecular formula is C11H6BrFN2. The maximum Gasteiger partial charge on any atom is 0.137 e. The molecule has 0 saturated heterocycles. The van der Waals surface area contributed by atoms with Crippen molar-refractivity contribution >= 4 is 15.9 Å². The molecule has 0 aliphatic carbocycles. The van der Waals surface area contributed by atoms with Crippen molar-refractivity contribution in [2.75, 3.05) is 0 Å². The molecule has 0 radical (unpaired) electrons. The predicted molar refractivity (Wildman–Crippen MR) is 58.6 cm³/mol. The van der Waals surface area contributed by atoms with E-state index in [1.165, 1.54) is 6.07 Å². The van der Waals surface area contributed by atoms with Gasteiger partial charge in [0.25, 0.3) is 0 Å².